The smallest absolute Gasteiger partial charge is 0.127 e. The van der Waals surface area contributed by atoms with E-state index < -0.39 is 0 Å². The third-order valence-electron chi connectivity index (χ3n) is 3.33. The average Bonchev–Trinajstić information content (AvgIpc) is 2.61. The van der Waals surface area contributed by atoms with Gasteiger partial charge in [0.25, 0.3) is 0 Å². The Bertz CT molecular complexity index is 760. The molecule has 122 valence electrons. The Morgan fingerprint density at radius 3 is 2.21 bits per heavy atom. The lowest BCUT2D eigenvalue weighted by atomic mass is 10.3. The molecule has 0 aliphatic rings. The molecular formula is C20H18BrNO2. The number of benzene rings is 3. The number of hydrogen-bond donors (Lipinski definition) is 1. The largest absolute Gasteiger partial charge is 0.492 e. The highest BCUT2D eigenvalue weighted by molar-refractivity contribution is 9.10. The third-order valence-corrected chi connectivity index (χ3v) is 3.82. The summed E-state index contributed by atoms with van der Waals surface area (Å²) in [5, 5.41) is 3.32. The molecule has 0 unspecified atom stereocenters. The van der Waals surface area contributed by atoms with Crippen molar-refractivity contribution in [2.45, 2.75) is 0 Å². The van der Waals surface area contributed by atoms with E-state index in [1.165, 1.54) is 0 Å². The molecule has 0 aromatic heterocycles. The third kappa shape index (κ3) is 5.03. The Morgan fingerprint density at radius 2 is 1.46 bits per heavy atom. The van der Waals surface area contributed by atoms with E-state index in [4.69, 9.17) is 9.47 Å². The van der Waals surface area contributed by atoms with Crippen LogP contribution in [0.2, 0.25) is 0 Å². The number of hydrogen-bond acceptors (Lipinski definition) is 3. The number of nitrogens with one attached hydrogen (secondary N) is 1. The van der Waals surface area contributed by atoms with Crippen LogP contribution in [0.3, 0.4) is 0 Å². The normalized spacial score (nSPS) is 10.2. The van der Waals surface area contributed by atoms with Gasteiger partial charge in [-0.2, -0.15) is 0 Å². The van der Waals surface area contributed by atoms with E-state index in [0.29, 0.717) is 6.61 Å². The number of halogens is 1. The molecule has 0 fully saturated rings. The van der Waals surface area contributed by atoms with Crippen molar-refractivity contribution in [1.29, 1.82) is 0 Å². The van der Waals surface area contributed by atoms with E-state index in [1.807, 2.05) is 78.9 Å². The standard InChI is InChI=1S/C20H18BrNO2/c21-16-5-4-6-17(15-16)22-13-14-23-18-9-11-20(12-10-18)24-19-7-2-1-3-8-19/h1-12,15,22H,13-14H2. The minimum Gasteiger partial charge on any atom is -0.492 e. The molecule has 3 aromatic carbocycles. The van der Waals surface area contributed by atoms with Crippen LogP contribution in [0.15, 0.2) is 83.3 Å². The van der Waals surface area contributed by atoms with Gasteiger partial charge in [-0.15, -0.1) is 0 Å². The summed E-state index contributed by atoms with van der Waals surface area (Å²) in [5.74, 6) is 2.44. The summed E-state index contributed by atoms with van der Waals surface area (Å²) in [4.78, 5) is 0. The fourth-order valence-electron chi connectivity index (χ4n) is 2.19. The summed E-state index contributed by atoms with van der Waals surface area (Å²) < 4.78 is 12.5. The number of para-hydroxylation sites is 1. The second-order valence-corrected chi connectivity index (χ2v) is 6.09. The van der Waals surface area contributed by atoms with Crippen LogP contribution in [-0.2, 0) is 0 Å². The first-order valence-electron chi connectivity index (χ1n) is 7.75. The van der Waals surface area contributed by atoms with Gasteiger partial charge in [0.15, 0.2) is 0 Å². The van der Waals surface area contributed by atoms with E-state index in [0.717, 1.165) is 34.0 Å². The van der Waals surface area contributed by atoms with Crippen molar-refractivity contribution in [3.63, 3.8) is 0 Å². The van der Waals surface area contributed by atoms with Crippen molar-refractivity contribution in [1.82, 2.24) is 0 Å². The summed E-state index contributed by atoms with van der Waals surface area (Å²) >= 11 is 3.46. The van der Waals surface area contributed by atoms with E-state index in [-0.39, 0.29) is 0 Å². The number of ether oxygens (including phenoxy) is 2. The summed E-state index contributed by atoms with van der Waals surface area (Å²) in [6, 6.07) is 25.4. The molecule has 0 aliphatic carbocycles. The highest BCUT2D eigenvalue weighted by atomic mass is 79.9. The van der Waals surface area contributed by atoms with Crippen LogP contribution >= 0.6 is 15.9 Å². The molecule has 0 aliphatic heterocycles. The molecule has 1 N–H and O–H groups in total. The molecular weight excluding hydrogens is 366 g/mol. The highest BCUT2D eigenvalue weighted by Gasteiger charge is 1.99. The molecule has 3 aromatic rings. The molecule has 0 amide bonds. The van der Waals surface area contributed by atoms with Gasteiger partial charge in [-0.05, 0) is 54.6 Å². The van der Waals surface area contributed by atoms with Crippen LogP contribution in [-0.4, -0.2) is 13.2 Å². The predicted molar refractivity (Wildman–Crippen MR) is 101 cm³/mol. The van der Waals surface area contributed by atoms with Crippen LogP contribution < -0.4 is 14.8 Å². The number of anilines is 1. The molecule has 0 heterocycles. The van der Waals surface area contributed by atoms with E-state index in [1.54, 1.807) is 0 Å². The molecule has 3 nitrogen and oxygen atoms in total. The van der Waals surface area contributed by atoms with Crippen molar-refractivity contribution in [2.75, 3.05) is 18.5 Å². The van der Waals surface area contributed by atoms with Crippen molar-refractivity contribution < 1.29 is 9.47 Å². The topological polar surface area (TPSA) is 30.5 Å². The fraction of sp³-hybridized carbons (Fsp3) is 0.100. The van der Waals surface area contributed by atoms with Gasteiger partial charge in [0.1, 0.15) is 23.9 Å². The van der Waals surface area contributed by atoms with Crippen LogP contribution in [0, 0.1) is 0 Å². The van der Waals surface area contributed by atoms with Crippen molar-refractivity contribution >= 4 is 21.6 Å². The van der Waals surface area contributed by atoms with Gasteiger partial charge >= 0.3 is 0 Å². The quantitative estimate of drug-likeness (QED) is 0.528. The van der Waals surface area contributed by atoms with Crippen molar-refractivity contribution in [2.24, 2.45) is 0 Å². The maximum Gasteiger partial charge on any atom is 0.127 e. The zero-order chi connectivity index (χ0) is 16.6. The molecule has 4 heteroatoms. The molecule has 0 saturated carbocycles. The van der Waals surface area contributed by atoms with Gasteiger partial charge < -0.3 is 14.8 Å². The monoisotopic (exact) mass is 383 g/mol. The Balaban J connectivity index is 1.44. The van der Waals surface area contributed by atoms with Crippen LogP contribution in [0.5, 0.6) is 17.2 Å². The molecule has 0 saturated heterocycles. The minimum absolute atomic E-state index is 0.589. The summed E-state index contributed by atoms with van der Waals surface area (Å²) in [5.41, 5.74) is 1.07. The summed E-state index contributed by atoms with van der Waals surface area (Å²) in [6.45, 7) is 1.32. The Labute approximate surface area is 150 Å². The Kier molecular flexibility index (Phi) is 5.75. The highest BCUT2D eigenvalue weighted by Crippen LogP contribution is 2.23. The molecule has 0 spiro atoms. The second kappa shape index (κ2) is 8.41. The average molecular weight is 384 g/mol. The van der Waals surface area contributed by atoms with E-state index in [9.17, 15) is 0 Å². The van der Waals surface area contributed by atoms with Gasteiger partial charge in [-0.3, -0.25) is 0 Å². The first-order valence-corrected chi connectivity index (χ1v) is 8.54. The Morgan fingerprint density at radius 1 is 0.750 bits per heavy atom. The first-order chi connectivity index (χ1) is 11.8. The first kappa shape index (κ1) is 16.4. The Hall–Kier alpha value is -2.46. The lowest BCUT2D eigenvalue weighted by Gasteiger charge is -2.10. The molecule has 0 atom stereocenters. The SMILES string of the molecule is Brc1cccc(NCCOc2ccc(Oc3ccccc3)cc2)c1. The predicted octanol–water partition coefficient (Wildman–Crippen LogP) is 5.73. The van der Waals surface area contributed by atoms with Gasteiger partial charge in [-0.1, -0.05) is 40.2 Å². The lowest BCUT2D eigenvalue weighted by Crippen LogP contribution is -2.11. The maximum atomic E-state index is 5.76. The van der Waals surface area contributed by atoms with Crippen LogP contribution in [0.25, 0.3) is 0 Å². The van der Waals surface area contributed by atoms with Crippen molar-refractivity contribution in [3.8, 4) is 17.2 Å². The molecule has 3 rings (SSSR count). The zero-order valence-corrected chi connectivity index (χ0v) is 14.7. The zero-order valence-electron chi connectivity index (χ0n) is 13.1. The van der Waals surface area contributed by atoms with Crippen LogP contribution in [0.1, 0.15) is 0 Å². The van der Waals surface area contributed by atoms with Gasteiger partial charge in [0.2, 0.25) is 0 Å². The maximum absolute atomic E-state index is 5.76. The summed E-state index contributed by atoms with van der Waals surface area (Å²) in [6.07, 6.45) is 0. The second-order valence-electron chi connectivity index (χ2n) is 5.17. The molecule has 0 radical (unpaired) electrons. The van der Waals surface area contributed by atoms with E-state index >= 15 is 0 Å². The minimum atomic E-state index is 0.589. The number of rotatable bonds is 7. The van der Waals surface area contributed by atoms with Gasteiger partial charge in [0, 0.05) is 16.7 Å². The van der Waals surface area contributed by atoms with E-state index in [2.05, 4.69) is 21.2 Å². The molecule has 0 bridgehead atoms. The van der Waals surface area contributed by atoms with Crippen LogP contribution in [0.4, 0.5) is 5.69 Å². The molecule has 24 heavy (non-hydrogen) atoms. The fourth-order valence-corrected chi connectivity index (χ4v) is 2.59. The summed E-state index contributed by atoms with van der Waals surface area (Å²) in [7, 11) is 0. The van der Waals surface area contributed by atoms with Gasteiger partial charge in [-0.25, -0.2) is 0 Å². The lowest BCUT2D eigenvalue weighted by molar-refractivity contribution is 0.332. The van der Waals surface area contributed by atoms with Crippen molar-refractivity contribution in [3.05, 3.63) is 83.3 Å². The van der Waals surface area contributed by atoms with Gasteiger partial charge in [0.05, 0.1) is 0 Å².